The van der Waals surface area contributed by atoms with Crippen molar-refractivity contribution in [2.24, 2.45) is 0 Å². The summed E-state index contributed by atoms with van der Waals surface area (Å²) in [6, 6.07) is 15.8. The molecule has 31 heavy (non-hydrogen) atoms. The third-order valence-corrected chi connectivity index (χ3v) is 5.67. The van der Waals surface area contributed by atoms with Gasteiger partial charge in [0.2, 0.25) is 5.91 Å². The number of nitrogens with one attached hydrogen (secondary N) is 2. The van der Waals surface area contributed by atoms with E-state index in [1.165, 1.54) is 10.5 Å². The van der Waals surface area contributed by atoms with Crippen LogP contribution in [0.5, 0.6) is 0 Å². The summed E-state index contributed by atoms with van der Waals surface area (Å²) in [6.07, 6.45) is 1.63. The summed E-state index contributed by atoms with van der Waals surface area (Å²) in [7, 11) is 0. The molecule has 0 unspecified atom stereocenters. The van der Waals surface area contributed by atoms with Gasteiger partial charge in [0.05, 0.1) is 17.3 Å². The summed E-state index contributed by atoms with van der Waals surface area (Å²) in [4.78, 5) is 38.9. The molecule has 1 atom stereocenters. The molecule has 0 spiro atoms. The summed E-state index contributed by atoms with van der Waals surface area (Å²) in [5, 5.41) is 6.05. The van der Waals surface area contributed by atoms with Gasteiger partial charge in [-0.15, -0.1) is 0 Å². The van der Waals surface area contributed by atoms with Crippen molar-refractivity contribution in [1.82, 2.24) is 15.5 Å². The van der Waals surface area contributed by atoms with Crippen molar-refractivity contribution in [1.29, 1.82) is 0 Å². The van der Waals surface area contributed by atoms with E-state index in [0.717, 1.165) is 12.8 Å². The first-order valence-corrected chi connectivity index (χ1v) is 10.5. The Balaban J connectivity index is 1.42. The Morgan fingerprint density at radius 3 is 2.65 bits per heavy atom. The summed E-state index contributed by atoms with van der Waals surface area (Å²) in [5.41, 5.74) is 2.52. The number of aryl methyl sites for hydroxylation is 1. The monoisotopic (exact) mass is 439 g/mol. The molecule has 0 aromatic heterocycles. The Kier molecular flexibility index (Phi) is 6.23. The fourth-order valence-electron chi connectivity index (χ4n) is 3.79. The normalized spacial score (nSPS) is 17.8. The quantitative estimate of drug-likeness (QED) is 0.513. The van der Waals surface area contributed by atoms with Gasteiger partial charge in [-0.25, -0.2) is 9.59 Å². The van der Waals surface area contributed by atoms with Gasteiger partial charge in [-0.2, -0.15) is 0 Å². The third-order valence-electron chi connectivity index (χ3n) is 5.32. The van der Waals surface area contributed by atoms with E-state index >= 15 is 0 Å². The highest BCUT2D eigenvalue weighted by Gasteiger charge is 2.43. The van der Waals surface area contributed by atoms with Gasteiger partial charge in [-0.1, -0.05) is 60.1 Å². The molecule has 7 nitrogen and oxygen atoms in total. The van der Waals surface area contributed by atoms with E-state index in [1.54, 1.807) is 24.3 Å². The minimum atomic E-state index is -0.712. The number of cyclic esters (lactones) is 1. The van der Waals surface area contributed by atoms with Crippen molar-refractivity contribution in [3.63, 3.8) is 0 Å². The number of benzene rings is 2. The Hall–Kier alpha value is -3.32. The zero-order chi connectivity index (χ0) is 21.8. The van der Waals surface area contributed by atoms with E-state index in [-0.39, 0.29) is 19.1 Å². The van der Waals surface area contributed by atoms with Gasteiger partial charge in [0, 0.05) is 11.6 Å². The Morgan fingerprint density at radius 1 is 1.13 bits per heavy atom. The highest BCUT2D eigenvalue weighted by molar-refractivity contribution is 6.31. The lowest BCUT2D eigenvalue weighted by Gasteiger charge is -2.32. The van der Waals surface area contributed by atoms with Crippen molar-refractivity contribution < 1.29 is 19.1 Å². The van der Waals surface area contributed by atoms with Crippen molar-refractivity contribution in [2.45, 2.75) is 18.9 Å². The number of hydrogen-bond donors (Lipinski definition) is 2. The Morgan fingerprint density at radius 2 is 1.87 bits per heavy atom. The topological polar surface area (TPSA) is 87.7 Å². The number of urea groups is 1. The van der Waals surface area contributed by atoms with Crippen LogP contribution < -0.4 is 10.6 Å². The number of nitrogens with zero attached hydrogens (tertiary/aromatic N) is 1. The van der Waals surface area contributed by atoms with Gasteiger partial charge in [0.25, 0.3) is 0 Å². The van der Waals surface area contributed by atoms with Crippen molar-refractivity contribution in [2.75, 3.05) is 19.7 Å². The average Bonchev–Trinajstić information content (AvgIpc) is 3.16. The second-order valence-electron chi connectivity index (χ2n) is 7.37. The van der Waals surface area contributed by atoms with E-state index in [1.807, 2.05) is 30.3 Å². The number of esters is 1. The SMILES string of the molecule is O=C(CN1C(=O)N[C@@H](c2ccccc2Cl)C2=C1COC2=O)NCCCc1ccccc1. The van der Waals surface area contributed by atoms with Gasteiger partial charge < -0.3 is 15.4 Å². The van der Waals surface area contributed by atoms with Crippen molar-refractivity contribution in [3.8, 4) is 0 Å². The maximum Gasteiger partial charge on any atom is 0.338 e. The molecule has 0 saturated heterocycles. The smallest absolute Gasteiger partial charge is 0.338 e. The van der Waals surface area contributed by atoms with Crippen LogP contribution in [0.2, 0.25) is 5.02 Å². The van der Waals surface area contributed by atoms with E-state index in [4.69, 9.17) is 16.3 Å². The number of amides is 3. The van der Waals surface area contributed by atoms with E-state index in [2.05, 4.69) is 10.6 Å². The molecular weight excluding hydrogens is 418 g/mol. The number of halogens is 1. The first-order valence-electron chi connectivity index (χ1n) is 10.1. The van der Waals surface area contributed by atoms with Gasteiger partial charge in [0.1, 0.15) is 13.2 Å². The molecule has 0 radical (unpaired) electrons. The molecule has 2 aromatic carbocycles. The van der Waals surface area contributed by atoms with Crippen LogP contribution in [-0.4, -0.2) is 42.5 Å². The molecular formula is C23H22ClN3O4. The minimum absolute atomic E-state index is 0.0518. The molecule has 2 N–H and O–H groups in total. The summed E-state index contributed by atoms with van der Waals surface area (Å²) in [6.45, 7) is 0.248. The number of rotatable bonds is 7. The number of carbonyl (C=O) groups excluding carboxylic acids is 3. The van der Waals surface area contributed by atoms with Gasteiger partial charge in [-0.3, -0.25) is 9.69 Å². The molecule has 2 heterocycles. The van der Waals surface area contributed by atoms with Crippen LogP contribution in [0.15, 0.2) is 65.9 Å². The van der Waals surface area contributed by atoms with Crippen LogP contribution in [-0.2, 0) is 20.7 Å². The molecule has 160 valence electrons. The molecule has 0 saturated carbocycles. The number of carbonyl (C=O) groups is 3. The molecule has 8 heteroatoms. The van der Waals surface area contributed by atoms with E-state index in [9.17, 15) is 14.4 Å². The lowest BCUT2D eigenvalue weighted by molar-refractivity contribution is -0.136. The fourth-order valence-corrected chi connectivity index (χ4v) is 4.03. The van der Waals surface area contributed by atoms with Crippen molar-refractivity contribution >= 4 is 29.5 Å². The third kappa shape index (κ3) is 4.56. The highest BCUT2D eigenvalue weighted by Crippen LogP contribution is 2.37. The maximum atomic E-state index is 12.8. The Bertz CT molecular complexity index is 1040. The standard InChI is InChI=1S/C23H22ClN3O4/c24-17-11-5-4-10-16(17)21-20-18(14-31-22(20)29)27(23(30)26-21)13-19(28)25-12-6-9-15-7-2-1-3-8-15/h1-5,7-8,10-11,21H,6,9,12-14H2,(H,25,28)(H,26,30)/t21-/m0/s1. The number of ether oxygens (including phenoxy) is 1. The zero-order valence-corrected chi connectivity index (χ0v) is 17.5. The lowest BCUT2D eigenvalue weighted by atomic mass is 9.95. The fraction of sp³-hybridized carbons (Fsp3) is 0.261. The minimum Gasteiger partial charge on any atom is -0.456 e. The van der Waals surface area contributed by atoms with Crippen LogP contribution in [0.4, 0.5) is 4.79 Å². The molecule has 4 rings (SSSR count). The van der Waals surface area contributed by atoms with Crippen LogP contribution in [0.1, 0.15) is 23.6 Å². The second-order valence-corrected chi connectivity index (χ2v) is 7.77. The van der Waals surface area contributed by atoms with Crippen molar-refractivity contribution in [3.05, 3.63) is 82.0 Å². The zero-order valence-electron chi connectivity index (χ0n) is 16.8. The average molecular weight is 440 g/mol. The van der Waals surface area contributed by atoms with Gasteiger partial charge in [0.15, 0.2) is 0 Å². The van der Waals surface area contributed by atoms with Gasteiger partial charge in [-0.05, 0) is 30.0 Å². The van der Waals surface area contributed by atoms with Crippen LogP contribution >= 0.6 is 11.6 Å². The molecule has 2 aliphatic rings. The number of hydrogen-bond acceptors (Lipinski definition) is 4. The molecule has 2 aromatic rings. The first kappa shape index (κ1) is 20.9. The molecule has 0 aliphatic carbocycles. The Labute approximate surface area is 185 Å². The van der Waals surface area contributed by atoms with Crippen LogP contribution in [0, 0.1) is 0 Å². The molecule has 0 fully saturated rings. The summed E-state index contributed by atoms with van der Waals surface area (Å²) >= 11 is 6.28. The molecule has 2 aliphatic heterocycles. The predicted molar refractivity (Wildman–Crippen MR) is 115 cm³/mol. The first-order chi connectivity index (χ1) is 15.0. The van der Waals surface area contributed by atoms with Crippen LogP contribution in [0.3, 0.4) is 0 Å². The van der Waals surface area contributed by atoms with E-state index in [0.29, 0.717) is 28.4 Å². The maximum absolute atomic E-state index is 12.8. The molecule has 0 bridgehead atoms. The van der Waals surface area contributed by atoms with Crippen LogP contribution in [0.25, 0.3) is 0 Å². The lowest BCUT2D eigenvalue weighted by Crippen LogP contribution is -2.50. The largest absolute Gasteiger partial charge is 0.456 e. The highest BCUT2D eigenvalue weighted by atomic mass is 35.5. The van der Waals surface area contributed by atoms with Gasteiger partial charge >= 0.3 is 12.0 Å². The summed E-state index contributed by atoms with van der Waals surface area (Å²) in [5.74, 6) is -0.821. The predicted octanol–water partition coefficient (Wildman–Crippen LogP) is 2.97. The second kappa shape index (κ2) is 9.22. The van der Waals surface area contributed by atoms with E-state index < -0.39 is 18.0 Å². The molecule has 3 amide bonds. The summed E-state index contributed by atoms with van der Waals surface area (Å²) < 4.78 is 5.18.